The number of amides is 2. The van der Waals surface area contributed by atoms with Crippen LogP contribution in [0.5, 0.6) is 0 Å². The Balaban J connectivity index is 1.62. The molecule has 4 rings (SSSR count). The highest BCUT2D eigenvalue weighted by atomic mass is 16.8. The van der Waals surface area contributed by atoms with E-state index in [1.54, 1.807) is 0 Å². The van der Waals surface area contributed by atoms with Gasteiger partial charge in [-0.05, 0) is 0 Å². The number of aliphatic carboxylic acids is 1. The summed E-state index contributed by atoms with van der Waals surface area (Å²) in [6, 6.07) is -3.29. The van der Waals surface area contributed by atoms with Crippen LogP contribution in [0, 0.1) is 0 Å². The van der Waals surface area contributed by atoms with Crippen LogP contribution in [-0.4, -0.2) is 244 Å². The van der Waals surface area contributed by atoms with Crippen molar-refractivity contribution in [1.29, 1.82) is 0 Å². The van der Waals surface area contributed by atoms with E-state index in [-0.39, 0.29) is 0 Å². The van der Waals surface area contributed by atoms with Crippen LogP contribution in [0.2, 0.25) is 0 Å². The molecule has 2 amide bonds. The molecule has 0 saturated carbocycles. The Kier molecular flexibility index (Phi) is 16.4. The molecule has 4 aliphatic heterocycles. The van der Waals surface area contributed by atoms with Gasteiger partial charge < -0.3 is 115 Å². The first-order valence-corrected chi connectivity index (χ1v) is 17.7. The smallest absolute Gasteiger partial charge is 0.364 e. The van der Waals surface area contributed by atoms with Crippen molar-refractivity contribution in [1.82, 2.24) is 10.6 Å². The normalized spacial score (nSPS) is 45.1. The number of carbonyl (C=O) groups is 3. The third-order valence-electron chi connectivity index (χ3n) is 9.97. The van der Waals surface area contributed by atoms with Crippen molar-refractivity contribution in [2.45, 2.75) is 149 Å². The first-order valence-electron chi connectivity index (χ1n) is 17.7. The average Bonchev–Trinajstić information content (AvgIpc) is 3.16. The predicted octanol–water partition coefficient (Wildman–Crippen LogP) is -10.3. The molecule has 0 aliphatic carbocycles. The van der Waals surface area contributed by atoms with Crippen LogP contribution in [0.4, 0.5) is 0 Å². The summed E-state index contributed by atoms with van der Waals surface area (Å²) >= 11 is 0. The van der Waals surface area contributed by atoms with Crippen LogP contribution in [0.25, 0.3) is 0 Å². The zero-order valence-electron chi connectivity index (χ0n) is 30.4. The lowest BCUT2D eigenvalue weighted by Crippen LogP contribution is -2.70. The summed E-state index contributed by atoms with van der Waals surface area (Å²) < 4.78 is 39.3. The Bertz CT molecular complexity index is 1350. The van der Waals surface area contributed by atoms with Gasteiger partial charge in [-0.15, -0.1) is 0 Å². The lowest BCUT2D eigenvalue weighted by molar-refractivity contribution is -0.373. The first-order chi connectivity index (χ1) is 26.7. The maximum absolute atomic E-state index is 12.4. The maximum Gasteiger partial charge on any atom is 0.364 e. The SMILES string of the molecule is CC(=O)N[C@H]1[C@H](O[C@@H]2[C@H](O)[C@@H](O)[C@@H](O[C@H]3C[C@](O)(C(=O)O)O[C@@H]([C@H](O)[C@H](O)CO)[C@@H]3NC(C)=O)O[C@@H]2CO)O[C@H](CO)[C@H](O)[C@@H]1O[C@@H]1O[C@H](CO)[C@H](O)[C@H](O)[C@H]1O. The number of hydrogen-bond donors (Lipinski definition) is 16. The van der Waals surface area contributed by atoms with Gasteiger partial charge in [0.15, 0.2) is 18.9 Å². The molecule has 0 aromatic rings. The molecule has 4 aliphatic rings. The van der Waals surface area contributed by atoms with Crippen molar-refractivity contribution in [3.63, 3.8) is 0 Å². The summed E-state index contributed by atoms with van der Waals surface area (Å²) in [5.41, 5.74) is 0. The van der Waals surface area contributed by atoms with Crippen LogP contribution < -0.4 is 10.6 Å². The number of carboxylic acids is 1. The Labute approximate surface area is 322 Å². The number of ether oxygens (including phenoxy) is 7. The molecule has 4 heterocycles. The van der Waals surface area contributed by atoms with E-state index in [2.05, 4.69) is 10.6 Å². The van der Waals surface area contributed by atoms with E-state index >= 15 is 0 Å². The van der Waals surface area contributed by atoms with Crippen LogP contribution in [0.3, 0.4) is 0 Å². The predicted molar refractivity (Wildman–Crippen MR) is 174 cm³/mol. The molecule has 330 valence electrons. The Hall–Kier alpha value is -2.39. The topological polar surface area (TPSA) is 423 Å². The second-order valence-electron chi connectivity index (χ2n) is 14.1. The van der Waals surface area contributed by atoms with Gasteiger partial charge in [0.05, 0.1) is 38.6 Å². The molecule has 21 atom stereocenters. The quantitative estimate of drug-likeness (QED) is 0.0728. The van der Waals surface area contributed by atoms with Crippen LogP contribution in [0.15, 0.2) is 0 Å². The molecule has 0 unspecified atom stereocenters. The second-order valence-corrected chi connectivity index (χ2v) is 14.1. The minimum atomic E-state index is -3.17. The summed E-state index contributed by atoms with van der Waals surface area (Å²) in [4.78, 5) is 36.6. The highest BCUT2D eigenvalue weighted by Gasteiger charge is 2.58. The molecule has 4 fully saturated rings. The minimum absolute atomic E-state index is 0.802. The van der Waals surface area contributed by atoms with E-state index in [0.717, 1.165) is 13.8 Å². The molecule has 0 radical (unpaired) electrons. The maximum atomic E-state index is 12.4. The summed E-state index contributed by atoms with van der Waals surface area (Å²) in [5.74, 6) is -6.80. The van der Waals surface area contributed by atoms with Gasteiger partial charge in [0, 0.05) is 20.3 Å². The van der Waals surface area contributed by atoms with Gasteiger partial charge in [0.25, 0.3) is 5.79 Å². The zero-order valence-corrected chi connectivity index (χ0v) is 30.4. The van der Waals surface area contributed by atoms with Crippen LogP contribution in [-0.2, 0) is 47.5 Å². The van der Waals surface area contributed by atoms with Crippen molar-refractivity contribution < 1.29 is 119 Å². The fraction of sp³-hybridized carbons (Fsp3) is 0.903. The monoisotopic (exact) mass is 836 g/mol. The molecule has 4 saturated heterocycles. The van der Waals surface area contributed by atoms with Crippen molar-refractivity contribution in [2.75, 3.05) is 26.4 Å². The summed E-state index contributed by atoms with van der Waals surface area (Å²) in [7, 11) is 0. The molecular formula is C31H52N2O24. The molecule has 0 spiro atoms. The number of nitrogens with one attached hydrogen (secondary N) is 2. The Morgan fingerprint density at radius 1 is 0.667 bits per heavy atom. The van der Waals surface area contributed by atoms with Crippen LogP contribution >= 0.6 is 0 Å². The van der Waals surface area contributed by atoms with Gasteiger partial charge in [0.1, 0.15) is 91.5 Å². The number of rotatable bonds is 15. The zero-order chi connectivity index (χ0) is 42.7. The van der Waals surface area contributed by atoms with Crippen molar-refractivity contribution >= 4 is 17.8 Å². The lowest BCUT2D eigenvalue weighted by Gasteiger charge is -2.50. The lowest BCUT2D eigenvalue weighted by atomic mass is 9.88. The molecule has 26 heteroatoms. The van der Waals surface area contributed by atoms with Crippen molar-refractivity contribution in [2.24, 2.45) is 0 Å². The third-order valence-corrected chi connectivity index (χ3v) is 9.97. The van der Waals surface area contributed by atoms with E-state index < -0.39 is 179 Å². The average molecular weight is 837 g/mol. The van der Waals surface area contributed by atoms with Gasteiger partial charge in [-0.1, -0.05) is 0 Å². The van der Waals surface area contributed by atoms with Gasteiger partial charge in [0.2, 0.25) is 11.8 Å². The second kappa shape index (κ2) is 19.8. The fourth-order valence-corrected chi connectivity index (χ4v) is 6.98. The van der Waals surface area contributed by atoms with E-state index in [0.29, 0.717) is 0 Å². The molecule has 26 nitrogen and oxygen atoms in total. The molecular weight excluding hydrogens is 784 g/mol. The number of carboxylic acid groups (broad SMARTS) is 1. The summed E-state index contributed by atoms with van der Waals surface area (Å²) in [6.45, 7) is -1.88. The van der Waals surface area contributed by atoms with Gasteiger partial charge >= 0.3 is 5.97 Å². The first kappa shape index (κ1) is 47.3. The molecule has 0 aromatic carbocycles. The number of aliphatic hydroxyl groups is 13. The third kappa shape index (κ3) is 10.3. The summed E-state index contributed by atoms with van der Waals surface area (Å²) in [6.07, 6.45) is -35.1. The van der Waals surface area contributed by atoms with E-state index in [1.165, 1.54) is 0 Å². The van der Waals surface area contributed by atoms with E-state index in [4.69, 9.17) is 33.2 Å². The number of aliphatic hydroxyl groups excluding tert-OH is 12. The van der Waals surface area contributed by atoms with Crippen LogP contribution in [0.1, 0.15) is 20.3 Å². The van der Waals surface area contributed by atoms with Crippen molar-refractivity contribution in [3.8, 4) is 0 Å². The highest BCUT2D eigenvalue weighted by molar-refractivity contribution is 5.76. The molecule has 0 bridgehead atoms. The Morgan fingerprint density at radius 2 is 1.16 bits per heavy atom. The minimum Gasteiger partial charge on any atom is -0.477 e. The van der Waals surface area contributed by atoms with Gasteiger partial charge in [-0.25, -0.2) is 4.79 Å². The number of carbonyl (C=O) groups excluding carboxylic acids is 2. The van der Waals surface area contributed by atoms with E-state index in [1.807, 2.05) is 0 Å². The standard InChI is InChI=1S/C31H52N2O24/c1-8(38)32-15-11(3-31(50,30(48)49)57-26(15)17(41)10(40)4-34)51-28-23(47)21(45)24(14(7-37)54-28)55-27-16(33-9(2)39)25(19(43)13(6-36)52-27)56-29-22(46)20(44)18(42)12(5-35)53-29/h10-29,34-37,40-47,50H,3-7H2,1-2H3,(H,32,38)(H,33,39)(H,48,49)/t10-,11+,12-,13-,14-,15-,16-,17-,18+,19+,20+,21-,22-,23-,24+,25-,26-,27+,28+,29+,31-/m1/s1. The largest absolute Gasteiger partial charge is 0.477 e. The number of hydrogen-bond acceptors (Lipinski definition) is 23. The van der Waals surface area contributed by atoms with Crippen molar-refractivity contribution in [3.05, 3.63) is 0 Å². The van der Waals surface area contributed by atoms with Gasteiger partial charge in [-0.2, -0.15) is 0 Å². The molecule has 0 aromatic heterocycles. The molecule has 16 N–H and O–H groups in total. The molecule has 57 heavy (non-hydrogen) atoms. The highest BCUT2D eigenvalue weighted by Crippen LogP contribution is 2.37. The summed E-state index contributed by atoms with van der Waals surface area (Å²) in [5, 5.41) is 150. The Morgan fingerprint density at radius 3 is 1.70 bits per heavy atom. The fourth-order valence-electron chi connectivity index (χ4n) is 6.98. The van der Waals surface area contributed by atoms with Gasteiger partial charge in [-0.3, -0.25) is 9.59 Å². The van der Waals surface area contributed by atoms with E-state index in [9.17, 15) is 85.9 Å².